The highest BCUT2D eigenvalue weighted by atomic mass is 127. The highest BCUT2D eigenvalue weighted by molar-refractivity contribution is 14.1. The summed E-state index contributed by atoms with van der Waals surface area (Å²) in [5, 5.41) is 0.494. The molecule has 0 radical (unpaired) electrons. The Balaban J connectivity index is 2.67. The van der Waals surface area contributed by atoms with Crippen molar-refractivity contribution in [3.63, 3.8) is 0 Å². The number of nitrogens with zero attached hydrogens (tertiary/aromatic N) is 3. The van der Waals surface area contributed by atoms with E-state index in [0.29, 0.717) is 11.0 Å². The van der Waals surface area contributed by atoms with Gasteiger partial charge in [-0.15, -0.1) is 0 Å². The number of halogens is 2. The Labute approximate surface area is 138 Å². The monoisotopic (exact) mass is 401 g/mol. The van der Waals surface area contributed by atoms with E-state index in [1.165, 1.54) is 0 Å². The molecule has 0 aliphatic heterocycles. The smallest absolute Gasteiger partial charge is 0.180 e. The Hall–Kier alpha value is -0.750. The fourth-order valence-electron chi connectivity index (χ4n) is 1.95. The van der Waals surface area contributed by atoms with Gasteiger partial charge >= 0.3 is 0 Å². The summed E-state index contributed by atoms with van der Waals surface area (Å²) in [6, 6.07) is 3.98. The van der Waals surface area contributed by atoms with Crippen LogP contribution in [0.3, 0.4) is 0 Å². The lowest BCUT2D eigenvalue weighted by atomic mass is 9.92. The molecular formula is C15H17ClIN3. The number of aromatic nitrogens is 3. The van der Waals surface area contributed by atoms with E-state index in [1.807, 2.05) is 12.1 Å². The van der Waals surface area contributed by atoms with E-state index < -0.39 is 0 Å². The molecule has 0 bridgehead atoms. The summed E-state index contributed by atoms with van der Waals surface area (Å²) < 4.78 is 0.912. The van der Waals surface area contributed by atoms with Crippen LogP contribution in [-0.2, 0) is 11.8 Å². The molecule has 5 heteroatoms. The summed E-state index contributed by atoms with van der Waals surface area (Å²) in [6.07, 6.45) is 2.65. The maximum absolute atomic E-state index is 6.28. The average Bonchev–Trinajstić information content (AvgIpc) is 2.40. The Kier molecular flexibility index (Phi) is 4.64. The maximum Gasteiger partial charge on any atom is 0.180 e. The number of hydrogen-bond acceptors (Lipinski definition) is 3. The molecule has 2 heterocycles. The van der Waals surface area contributed by atoms with Gasteiger partial charge in [-0.05, 0) is 40.6 Å². The summed E-state index contributed by atoms with van der Waals surface area (Å²) >= 11 is 8.49. The highest BCUT2D eigenvalue weighted by Crippen LogP contribution is 2.31. The molecule has 0 N–H and O–H groups in total. The Morgan fingerprint density at radius 3 is 2.55 bits per heavy atom. The molecule has 0 aromatic carbocycles. The van der Waals surface area contributed by atoms with Crippen molar-refractivity contribution in [2.24, 2.45) is 0 Å². The number of hydrogen-bond donors (Lipinski definition) is 0. The Morgan fingerprint density at radius 2 is 1.95 bits per heavy atom. The van der Waals surface area contributed by atoms with E-state index in [9.17, 15) is 0 Å². The van der Waals surface area contributed by atoms with Crippen molar-refractivity contribution >= 4 is 34.2 Å². The quantitative estimate of drug-likeness (QED) is 0.543. The molecule has 0 saturated carbocycles. The van der Waals surface area contributed by atoms with Crippen molar-refractivity contribution in [2.45, 2.75) is 39.5 Å². The lowest BCUT2D eigenvalue weighted by Crippen LogP contribution is -2.17. The first-order chi connectivity index (χ1) is 9.34. The van der Waals surface area contributed by atoms with Gasteiger partial charge in [0.1, 0.15) is 10.8 Å². The van der Waals surface area contributed by atoms with Crippen molar-refractivity contribution in [3.05, 3.63) is 38.3 Å². The van der Waals surface area contributed by atoms with Crippen molar-refractivity contribution < 1.29 is 0 Å². The number of pyridine rings is 1. The summed E-state index contributed by atoms with van der Waals surface area (Å²) in [5.74, 6) is 0.609. The van der Waals surface area contributed by atoms with Crippen molar-refractivity contribution in [2.75, 3.05) is 0 Å². The van der Waals surface area contributed by atoms with E-state index in [2.05, 4.69) is 60.3 Å². The zero-order chi connectivity index (χ0) is 14.9. The lowest BCUT2D eigenvalue weighted by molar-refractivity contribution is 0.563. The minimum absolute atomic E-state index is 0.0843. The first-order valence-electron chi connectivity index (χ1n) is 6.52. The molecule has 2 aromatic heterocycles. The van der Waals surface area contributed by atoms with Gasteiger partial charge in [-0.2, -0.15) is 0 Å². The molecule has 3 nitrogen and oxygen atoms in total. The maximum atomic E-state index is 6.28. The van der Waals surface area contributed by atoms with E-state index >= 15 is 0 Å². The minimum Gasteiger partial charge on any atom is -0.253 e. The first kappa shape index (κ1) is 15.6. The summed E-state index contributed by atoms with van der Waals surface area (Å²) in [7, 11) is 0. The molecule has 0 atom stereocenters. The standard InChI is InChI=1S/C15H17ClIN3/c1-5-9-7-6-8-18-11(9)14-19-12(15(2,3)4)10(17)13(16)20-14/h6-8H,5H2,1-4H3. The predicted molar refractivity (Wildman–Crippen MR) is 91.1 cm³/mol. The number of rotatable bonds is 2. The third-order valence-electron chi connectivity index (χ3n) is 3.01. The van der Waals surface area contributed by atoms with E-state index in [-0.39, 0.29) is 5.41 Å². The Bertz CT molecular complexity index is 636. The summed E-state index contributed by atoms with van der Waals surface area (Å²) in [5.41, 5.74) is 2.82. The predicted octanol–water partition coefficient (Wildman–Crippen LogP) is 4.66. The van der Waals surface area contributed by atoms with Gasteiger partial charge in [0, 0.05) is 11.6 Å². The summed E-state index contributed by atoms with van der Waals surface area (Å²) in [4.78, 5) is 13.6. The van der Waals surface area contributed by atoms with Crippen LogP contribution < -0.4 is 0 Å². The van der Waals surface area contributed by atoms with E-state index in [1.54, 1.807) is 6.20 Å². The third kappa shape index (κ3) is 3.11. The molecule has 106 valence electrons. The molecule has 0 amide bonds. The fourth-order valence-corrected chi connectivity index (χ4v) is 3.17. The largest absolute Gasteiger partial charge is 0.253 e. The molecule has 2 rings (SSSR count). The highest BCUT2D eigenvalue weighted by Gasteiger charge is 2.23. The van der Waals surface area contributed by atoms with Crippen LogP contribution in [0.2, 0.25) is 5.15 Å². The average molecular weight is 402 g/mol. The van der Waals surface area contributed by atoms with Gasteiger partial charge < -0.3 is 0 Å². The fraction of sp³-hybridized carbons (Fsp3) is 0.400. The van der Waals surface area contributed by atoms with Gasteiger partial charge in [0.25, 0.3) is 0 Å². The van der Waals surface area contributed by atoms with E-state index in [4.69, 9.17) is 16.6 Å². The second kappa shape index (κ2) is 5.93. The number of aryl methyl sites for hydroxylation is 1. The van der Waals surface area contributed by atoms with Gasteiger partial charge in [-0.3, -0.25) is 4.98 Å². The van der Waals surface area contributed by atoms with Gasteiger partial charge in [-0.1, -0.05) is 45.4 Å². The van der Waals surface area contributed by atoms with Crippen LogP contribution >= 0.6 is 34.2 Å². The van der Waals surface area contributed by atoms with Crippen LogP contribution in [0.5, 0.6) is 0 Å². The molecular weight excluding hydrogens is 385 g/mol. The SMILES string of the molecule is CCc1cccnc1-c1nc(Cl)c(I)c(C(C)(C)C)n1. The zero-order valence-electron chi connectivity index (χ0n) is 12.0. The molecule has 0 unspecified atom stereocenters. The Morgan fingerprint density at radius 1 is 1.25 bits per heavy atom. The van der Waals surface area contributed by atoms with E-state index in [0.717, 1.165) is 26.9 Å². The topological polar surface area (TPSA) is 38.7 Å². The second-order valence-electron chi connectivity index (χ2n) is 5.62. The van der Waals surface area contributed by atoms with Gasteiger partial charge in [0.15, 0.2) is 5.82 Å². The third-order valence-corrected chi connectivity index (χ3v) is 4.62. The zero-order valence-corrected chi connectivity index (χ0v) is 15.0. The molecule has 0 saturated heterocycles. The van der Waals surface area contributed by atoms with Crippen molar-refractivity contribution in [1.29, 1.82) is 0 Å². The molecule has 0 aliphatic rings. The molecule has 20 heavy (non-hydrogen) atoms. The van der Waals surface area contributed by atoms with Crippen LogP contribution in [0.4, 0.5) is 0 Å². The van der Waals surface area contributed by atoms with Crippen molar-refractivity contribution in [3.8, 4) is 11.5 Å². The van der Waals surface area contributed by atoms with Gasteiger partial charge in [0.2, 0.25) is 0 Å². The first-order valence-corrected chi connectivity index (χ1v) is 7.98. The molecule has 0 spiro atoms. The lowest BCUT2D eigenvalue weighted by Gasteiger charge is -2.20. The van der Waals surface area contributed by atoms with Crippen LogP contribution in [0.15, 0.2) is 18.3 Å². The van der Waals surface area contributed by atoms with Gasteiger partial charge in [-0.25, -0.2) is 9.97 Å². The second-order valence-corrected chi connectivity index (χ2v) is 7.05. The van der Waals surface area contributed by atoms with Crippen LogP contribution in [0.25, 0.3) is 11.5 Å². The molecule has 0 aliphatic carbocycles. The summed E-state index contributed by atoms with van der Waals surface area (Å²) in [6.45, 7) is 8.46. The van der Waals surface area contributed by atoms with Crippen molar-refractivity contribution in [1.82, 2.24) is 15.0 Å². The van der Waals surface area contributed by atoms with Crippen LogP contribution in [0.1, 0.15) is 39.0 Å². The van der Waals surface area contributed by atoms with Crippen LogP contribution in [0, 0.1) is 3.57 Å². The molecule has 2 aromatic rings. The van der Waals surface area contributed by atoms with Crippen LogP contribution in [-0.4, -0.2) is 15.0 Å². The minimum atomic E-state index is -0.0843. The normalized spacial score (nSPS) is 11.7. The molecule has 0 fully saturated rings. The van der Waals surface area contributed by atoms with Gasteiger partial charge in [0.05, 0.1) is 9.26 Å².